The molecule has 2 atom stereocenters. The van der Waals surface area contributed by atoms with Crippen molar-refractivity contribution in [2.75, 3.05) is 13.1 Å². The van der Waals surface area contributed by atoms with Gasteiger partial charge in [-0.1, -0.05) is 24.3 Å². The number of hydrogen-bond donors (Lipinski definition) is 3. The minimum atomic E-state index is -0.0159. The highest BCUT2D eigenvalue weighted by molar-refractivity contribution is 5.81. The van der Waals surface area contributed by atoms with Crippen LogP contribution in [0.15, 0.2) is 30.3 Å². The van der Waals surface area contributed by atoms with Crippen molar-refractivity contribution in [1.82, 2.24) is 0 Å². The molecule has 2 aliphatic carbocycles. The molecule has 0 radical (unpaired) electrons. The van der Waals surface area contributed by atoms with Crippen molar-refractivity contribution in [3.05, 3.63) is 47.0 Å². The first kappa shape index (κ1) is 15.8. The van der Waals surface area contributed by atoms with Crippen LogP contribution in [-0.2, 0) is 12.8 Å². The molecule has 1 aliphatic heterocycles. The fourth-order valence-electron chi connectivity index (χ4n) is 4.63. The number of phenolic OH excluding ortho intramolecular Hbond substituents is 2. The molecule has 3 N–H and O–H groups in total. The van der Waals surface area contributed by atoms with Gasteiger partial charge in [0.15, 0.2) is 11.5 Å². The molecule has 24 heavy (non-hydrogen) atoms. The van der Waals surface area contributed by atoms with Gasteiger partial charge in [0.2, 0.25) is 0 Å². The van der Waals surface area contributed by atoms with Crippen molar-refractivity contribution in [2.45, 2.75) is 31.7 Å². The van der Waals surface area contributed by atoms with Crippen molar-refractivity contribution < 1.29 is 27.5 Å². The molecule has 3 nitrogen and oxygen atoms in total. The number of hydrogen-bond acceptors (Lipinski definition) is 2. The molecular weight excluding hydrogens is 322 g/mol. The molecule has 0 amide bonds. The predicted molar refractivity (Wildman–Crippen MR) is 88.8 cm³/mol. The normalized spacial score (nSPS) is 23.8. The van der Waals surface area contributed by atoms with Gasteiger partial charge in [0.25, 0.3) is 0 Å². The number of rotatable bonds is 2. The number of aromatic hydroxyl groups is 2. The Morgan fingerprint density at radius 2 is 1.88 bits per heavy atom. The Balaban J connectivity index is 0.00000146. The first-order chi connectivity index (χ1) is 11.2. The molecule has 1 saturated carbocycles. The van der Waals surface area contributed by atoms with Crippen LogP contribution < -0.4 is 17.3 Å². The van der Waals surface area contributed by atoms with Gasteiger partial charge in [-0.15, -0.1) is 0 Å². The maximum atomic E-state index is 10.4. The van der Waals surface area contributed by atoms with Gasteiger partial charge >= 0.3 is 0 Å². The Morgan fingerprint density at radius 1 is 1.04 bits per heavy atom. The number of benzene rings is 2. The lowest BCUT2D eigenvalue weighted by atomic mass is 9.76. The molecule has 0 spiro atoms. The molecule has 0 aromatic heterocycles. The Kier molecular flexibility index (Phi) is 3.74. The molecule has 4 heteroatoms. The summed E-state index contributed by atoms with van der Waals surface area (Å²) in [5.41, 5.74) is 6.01. The van der Waals surface area contributed by atoms with E-state index in [2.05, 4.69) is 18.2 Å². The van der Waals surface area contributed by atoms with Crippen LogP contribution in [0.4, 0.5) is 0 Å². The molecule has 3 aliphatic rings. The SMILES string of the molecule is Oc1ccc2c(c1O)-c1cccc3c1[C@@H](C2)[NH+](CC1CC1)CC3.[Cl-]. The minimum absolute atomic E-state index is 0. The van der Waals surface area contributed by atoms with Gasteiger partial charge in [-0.25, -0.2) is 0 Å². The molecule has 1 heterocycles. The number of nitrogens with one attached hydrogen (secondary N) is 1. The van der Waals surface area contributed by atoms with Crippen LogP contribution in [0.5, 0.6) is 11.5 Å². The maximum absolute atomic E-state index is 10.4. The van der Waals surface area contributed by atoms with E-state index >= 15 is 0 Å². The second-order valence-electron chi connectivity index (χ2n) is 7.41. The van der Waals surface area contributed by atoms with Crippen molar-refractivity contribution in [3.8, 4) is 22.6 Å². The summed E-state index contributed by atoms with van der Waals surface area (Å²) in [6.07, 6.45) is 4.89. The molecule has 5 rings (SSSR count). The van der Waals surface area contributed by atoms with Gasteiger partial charge in [0.1, 0.15) is 6.04 Å². The molecule has 2 aromatic rings. The largest absolute Gasteiger partial charge is 1.00 e. The molecule has 126 valence electrons. The zero-order valence-corrected chi connectivity index (χ0v) is 14.3. The van der Waals surface area contributed by atoms with Crippen LogP contribution in [-0.4, -0.2) is 23.3 Å². The van der Waals surface area contributed by atoms with E-state index in [1.54, 1.807) is 11.0 Å². The highest BCUT2D eigenvalue weighted by Gasteiger charge is 2.40. The highest BCUT2D eigenvalue weighted by Crippen LogP contribution is 2.47. The topological polar surface area (TPSA) is 44.9 Å². The van der Waals surface area contributed by atoms with E-state index in [9.17, 15) is 10.2 Å². The monoisotopic (exact) mass is 343 g/mol. The lowest BCUT2D eigenvalue weighted by molar-refractivity contribution is -0.935. The van der Waals surface area contributed by atoms with Crippen molar-refractivity contribution >= 4 is 0 Å². The summed E-state index contributed by atoms with van der Waals surface area (Å²) in [6.45, 7) is 2.51. The van der Waals surface area contributed by atoms with E-state index in [1.165, 1.54) is 42.6 Å². The minimum Gasteiger partial charge on any atom is -1.00 e. The molecule has 0 bridgehead atoms. The lowest BCUT2D eigenvalue weighted by Crippen LogP contribution is -3.14. The number of fused-ring (bicyclic) bond motifs is 2. The van der Waals surface area contributed by atoms with E-state index in [0.717, 1.165) is 29.9 Å². The summed E-state index contributed by atoms with van der Waals surface area (Å²) in [4.78, 5) is 1.71. The summed E-state index contributed by atoms with van der Waals surface area (Å²) in [7, 11) is 0. The van der Waals surface area contributed by atoms with Crippen molar-refractivity contribution in [2.24, 2.45) is 5.92 Å². The summed E-state index contributed by atoms with van der Waals surface area (Å²) in [6, 6.07) is 10.6. The Hall–Kier alpha value is -1.71. The first-order valence-corrected chi connectivity index (χ1v) is 8.73. The second kappa shape index (κ2) is 5.68. The first-order valence-electron chi connectivity index (χ1n) is 8.73. The quantitative estimate of drug-likeness (QED) is 0.626. The van der Waals surface area contributed by atoms with Crippen LogP contribution >= 0.6 is 0 Å². The fraction of sp³-hybridized carbons (Fsp3) is 0.400. The number of halogens is 1. The standard InChI is InChI=1S/C20H21NO2.ClH/c22-17-7-6-14-10-16-18-13(8-9-21(16)11-12-4-5-12)2-1-3-15(18)19(14)20(17)23;/h1-3,6-7,12,16,22-23H,4-5,8-11H2;1H/t16-;/m1./s1. The van der Waals surface area contributed by atoms with Crippen LogP contribution in [0.25, 0.3) is 11.1 Å². The van der Waals surface area contributed by atoms with Gasteiger partial charge in [0.05, 0.1) is 13.1 Å². The summed E-state index contributed by atoms with van der Waals surface area (Å²) >= 11 is 0. The van der Waals surface area contributed by atoms with Crippen molar-refractivity contribution in [1.29, 1.82) is 0 Å². The number of phenols is 2. The molecular formula is C20H22ClNO2. The Morgan fingerprint density at radius 3 is 2.67 bits per heavy atom. The van der Waals surface area contributed by atoms with E-state index in [1.807, 2.05) is 6.07 Å². The molecule has 0 saturated heterocycles. The van der Waals surface area contributed by atoms with Gasteiger partial charge in [0, 0.05) is 29.9 Å². The average molecular weight is 344 g/mol. The van der Waals surface area contributed by atoms with E-state index < -0.39 is 0 Å². The summed E-state index contributed by atoms with van der Waals surface area (Å²) in [5, 5.41) is 20.4. The highest BCUT2D eigenvalue weighted by atomic mass is 35.5. The summed E-state index contributed by atoms with van der Waals surface area (Å²) < 4.78 is 0. The zero-order valence-electron chi connectivity index (χ0n) is 13.6. The van der Waals surface area contributed by atoms with Crippen LogP contribution in [0.1, 0.15) is 35.6 Å². The maximum Gasteiger partial charge on any atom is 0.165 e. The Bertz CT molecular complexity index is 800. The van der Waals surface area contributed by atoms with E-state index in [0.29, 0.717) is 6.04 Å². The Labute approximate surface area is 148 Å². The smallest absolute Gasteiger partial charge is 0.165 e. The number of quaternary nitrogens is 1. The van der Waals surface area contributed by atoms with Crippen LogP contribution in [0, 0.1) is 5.92 Å². The molecule has 1 unspecified atom stereocenters. The van der Waals surface area contributed by atoms with Gasteiger partial charge in [-0.05, 0) is 35.6 Å². The van der Waals surface area contributed by atoms with Crippen LogP contribution in [0.2, 0.25) is 0 Å². The van der Waals surface area contributed by atoms with E-state index in [4.69, 9.17) is 0 Å². The summed E-state index contributed by atoms with van der Waals surface area (Å²) in [5.74, 6) is 0.954. The third kappa shape index (κ3) is 2.30. The fourth-order valence-corrected chi connectivity index (χ4v) is 4.63. The lowest BCUT2D eigenvalue weighted by Gasteiger charge is -2.39. The van der Waals surface area contributed by atoms with Gasteiger partial charge < -0.3 is 27.5 Å². The van der Waals surface area contributed by atoms with Gasteiger partial charge in [-0.3, -0.25) is 0 Å². The van der Waals surface area contributed by atoms with Crippen LogP contribution in [0.3, 0.4) is 0 Å². The molecule has 2 aromatic carbocycles. The second-order valence-corrected chi connectivity index (χ2v) is 7.41. The van der Waals surface area contributed by atoms with Gasteiger partial charge in [-0.2, -0.15) is 0 Å². The van der Waals surface area contributed by atoms with E-state index in [-0.39, 0.29) is 23.9 Å². The zero-order chi connectivity index (χ0) is 15.6. The average Bonchev–Trinajstić information content (AvgIpc) is 3.37. The van der Waals surface area contributed by atoms with Crippen molar-refractivity contribution in [3.63, 3.8) is 0 Å². The molecule has 1 fully saturated rings. The third-order valence-electron chi connectivity index (χ3n) is 5.94. The third-order valence-corrected chi connectivity index (χ3v) is 5.94. The predicted octanol–water partition coefficient (Wildman–Crippen LogP) is -0.783.